The van der Waals surface area contributed by atoms with Gasteiger partial charge < -0.3 is 5.32 Å². The van der Waals surface area contributed by atoms with Crippen molar-refractivity contribution in [2.45, 2.75) is 63.8 Å². The average molecular weight is 270 g/mol. The van der Waals surface area contributed by atoms with Crippen LogP contribution in [0.2, 0.25) is 0 Å². The summed E-state index contributed by atoms with van der Waals surface area (Å²) in [6.45, 7) is 10.8. The molecule has 3 atom stereocenters. The highest BCUT2D eigenvalue weighted by atomic mass is 32.2. The molecule has 1 aliphatic carbocycles. The molecule has 106 valence electrons. The number of rotatable bonds is 2. The summed E-state index contributed by atoms with van der Waals surface area (Å²) < 4.78 is 0. The molecule has 2 nitrogen and oxygen atoms in total. The summed E-state index contributed by atoms with van der Waals surface area (Å²) in [5, 5.41) is 4.64. The Balaban J connectivity index is 2.02. The number of thioether (sulfide) groups is 1. The number of hydrogen-bond donors (Lipinski definition) is 1. The SMILES string of the molecule is CSC1CCCC1N1CCCNC(C(C)(C)C)C1. The van der Waals surface area contributed by atoms with Crippen LogP contribution in [0.25, 0.3) is 0 Å². The lowest BCUT2D eigenvalue weighted by atomic mass is 9.86. The maximum Gasteiger partial charge on any atom is 0.0243 e. The molecule has 1 heterocycles. The quantitative estimate of drug-likeness (QED) is 0.830. The molecule has 3 heteroatoms. The van der Waals surface area contributed by atoms with E-state index in [1.807, 2.05) is 0 Å². The van der Waals surface area contributed by atoms with Crippen LogP contribution in [0.3, 0.4) is 0 Å². The third-order valence-corrected chi connectivity index (χ3v) is 5.82. The molecule has 1 N–H and O–H groups in total. The summed E-state index contributed by atoms with van der Waals surface area (Å²) in [4.78, 5) is 2.80. The van der Waals surface area contributed by atoms with E-state index in [4.69, 9.17) is 0 Å². The molecule has 1 saturated carbocycles. The Kier molecular flexibility index (Phi) is 5.01. The van der Waals surface area contributed by atoms with Gasteiger partial charge in [-0.15, -0.1) is 0 Å². The Bertz CT molecular complexity index is 262. The summed E-state index contributed by atoms with van der Waals surface area (Å²) >= 11 is 2.09. The normalized spacial score (nSPS) is 35.7. The molecule has 3 unspecified atom stereocenters. The molecule has 2 rings (SSSR count). The fourth-order valence-electron chi connectivity index (χ4n) is 3.43. The second-order valence-electron chi connectivity index (χ2n) is 6.99. The van der Waals surface area contributed by atoms with E-state index < -0.39 is 0 Å². The van der Waals surface area contributed by atoms with Crippen molar-refractivity contribution in [1.29, 1.82) is 0 Å². The first-order valence-electron chi connectivity index (χ1n) is 7.52. The van der Waals surface area contributed by atoms with Crippen LogP contribution in [0.4, 0.5) is 0 Å². The Labute approximate surface area is 117 Å². The van der Waals surface area contributed by atoms with Gasteiger partial charge in [0.1, 0.15) is 0 Å². The Morgan fingerprint density at radius 1 is 1.17 bits per heavy atom. The highest BCUT2D eigenvalue weighted by Gasteiger charge is 2.35. The topological polar surface area (TPSA) is 15.3 Å². The monoisotopic (exact) mass is 270 g/mol. The van der Waals surface area contributed by atoms with E-state index >= 15 is 0 Å². The van der Waals surface area contributed by atoms with Crippen LogP contribution in [0.15, 0.2) is 0 Å². The van der Waals surface area contributed by atoms with Crippen molar-refractivity contribution in [3.8, 4) is 0 Å². The first kappa shape index (κ1) is 14.7. The van der Waals surface area contributed by atoms with Gasteiger partial charge >= 0.3 is 0 Å². The predicted molar refractivity (Wildman–Crippen MR) is 82.4 cm³/mol. The summed E-state index contributed by atoms with van der Waals surface area (Å²) in [7, 11) is 0. The molecule has 2 fully saturated rings. The molecule has 0 radical (unpaired) electrons. The number of hydrogen-bond acceptors (Lipinski definition) is 3. The van der Waals surface area contributed by atoms with Gasteiger partial charge in [0, 0.05) is 23.9 Å². The second kappa shape index (κ2) is 6.15. The summed E-state index contributed by atoms with van der Waals surface area (Å²) in [6, 6.07) is 1.48. The largest absolute Gasteiger partial charge is 0.312 e. The second-order valence-corrected chi connectivity index (χ2v) is 8.07. The van der Waals surface area contributed by atoms with Crippen molar-refractivity contribution in [2.75, 3.05) is 25.9 Å². The van der Waals surface area contributed by atoms with Gasteiger partial charge in [0.2, 0.25) is 0 Å². The van der Waals surface area contributed by atoms with E-state index in [-0.39, 0.29) is 0 Å². The molecule has 0 amide bonds. The zero-order valence-corrected chi connectivity index (χ0v) is 13.4. The zero-order chi connectivity index (χ0) is 13.2. The third-order valence-electron chi connectivity index (χ3n) is 4.66. The van der Waals surface area contributed by atoms with Gasteiger partial charge in [-0.25, -0.2) is 0 Å². The molecule has 0 aromatic rings. The first-order valence-corrected chi connectivity index (χ1v) is 8.81. The highest BCUT2D eigenvalue weighted by molar-refractivity contribution is 7.99. The maximum absolute atomic E-state index is 3.76. The predicted octanol–water partition coefficient (Wildman–Crippen LogP) is 2.98. The third kappa shape index (κ3) is 3.43. The van der Waals surface area contributed by atoms with Crippen molar-refractivity contribution in [3.63, 3.8) is 0 Å². The van der Waals surface area contributed by atoms with E-state index in [1.54, 1.807) is 0 Å². The molecule has 0 aromatic carbocycles. The van der Waals surface area contributed by atoms with Crippen LogP contribution >= 0.6 is 11.8 Å². The van der Waals surface area contributed by atoms with Crippen molar-refractivity contribution < 1.29 is 0 Å². The smallest absolute Gasteiger partial charge is 0.0243 e. The highest BCUT2D eigenvalue weighted by Crippen LogP contribution is 2.33. The van der Waals surface area contributed by atoms with E-state index in [0.717, 1.165) is 11.3 Å². The van der Waals surface area contributed by atoms with Crippen LogP contribution in [-0.4, -0.2) is 48.1 Å². The van der Waals surface area contributed by atoms with E-state index in [1.165, 1.54) is 45.3 Å². The van der Waals surface area contributed by atoms with Gasteiger partial charge in [0.15, 0.2) is 0 Å². The van der Waals surface area contributed by atoms with Crippen LogP contribution in [-0.2, 0) is 0 Å². The molecular formula is C15H30N2S. The molecule has 2 aliphatic rings. The van der Waals surface area contributed by atoms with Gasteiger partial charge in [-0.05, 0) is 44.0 Å². The first-order chi connectivity index (χ1) is 8.52. The van der Waals surface area contributed by atoms with Crippen LogP contribution in [0.5, 0.6) is 0 Å². The lowest BCUT2D eigenvalue weighted by molar-refractivity contribution is 0.157. The van der Waals surface area contributed by atoms with Crippen molar-refractivity contribution in [3.05, 3.63) is 0 Å². The van der Waals surface area contributed by atoms with Crippen LogP contribution < -0.4 is 5.32 Å². The van der Waals surface area contributed by atoms with Gasteiger partial charge in [0.25, 0.3) is 0 Å². The summed E-state index contributed by atoms with van der Waals surface area (Å²) in [5.41, 5.74) is 0.371. The lowest BCUT2D eigenvalue weighted by Crippen LogP contribution is -2.49. The number of nitrogens with zero attached hydrogens (tertiary/aromatic N) is 1. The Hall–Kier alpha value is 0.270. The molecule has 0 spiro atoms. The molecule has 1 aliphatic heterocycles. The minimum Gasteiger partial charge on any atom is -0.312 e. The molecule has 1 saturated heterocycles. The van der Waals surface area contributed by atoms with E-state index in [0.29, 0.717) is 11.5 Å². The molecular weight excluding hydrogens is 240 g/mol. The van der Waals surface area contributed by atoms with E-state index in [2.05, 4.69) is 49.0 Å². The van der Waals surface area contributed by atoms with Gasteiger partial charge in [0.05, 0.1) is 0 Å². The minimum atomic E-state index is 0.371. The van der Waals surface area contributed by atoms with Crippen molar-refractivity contribution in [1.82, 2.24) is 10.2 Å². The molecule has 18 heavy (non-hydrogen) atoms. The van der Waals surface area contributed by atoms with Crippen molar-refractivity contribution >= 4 is 11.8 Å². The van der Waals surface area contributed by atoms with Crippen LogP contribution in [0.1, 0.15) is 46.5 Å². The lowest BCUT2D eigenvalue weighted by Gasteiger charge is -2.37. The molecule has 0 bridgehead atoms. The fraction of sp³-hybridized carbons (Fsp3) is 1.00. The number of nitrogens with one attached hydrogen (secondary N) is 1. The Morgan fingerprint density at radius 3 is 2.61 bits per heavy atom. The average Bonchev–Trinajstić information content (AvgIpc) is 2.63. The standard InChI is InChI=1S/C15H30N2S/c1-15(2,3)14-11-17(10-6-9-16-14)12-7-5-8-13(12)18-4/h12-14,16H,5-11H2,1-4H3. The van der Waals surface area contributed by atoms with Gasteiger partial charge in [-0.1, -0.05) is 27.2 Å². The van der Waals surface area contributed by atoms with Crippen LogP contribution in [0, 0.1) is 5.41 Å². The van der Waals surface area contributed by atoms with Gasteiger partial charge in [-0.3, -0.25) is 4.90 Å². The summed E-state index contributed by atoms with van der Waals surface area (Å²) in [5.74, 6) is 0. The maximum atomic E-state index is 3.76. The Morgan fingerprint density at radius 2 is 1.94 bits per heavy atom. The zero-order valence-electron chi connectivity index (χ0n) is 12.5. The van der Waals surface area contributed by atoms with E-state index in [9.17, 15) is 0 Å². The van der Waals surface area contributed by atoms with Gasteiger partial charge in [-0.2, -0.15) is 11.8 Å². The minimum absolute atomic E-state index is 0.371. The fourth-order valence-corrected chi connectivity index (χ4v) is 4.45. The molecule has 0 aromatic heterocycles. The van der Waals surface area contributed by atoms with Crippen molar-refractivity contribution in [2.24, 2.45) is 5.41 Å². The summed E-state index contributed by atoms with van der Waals surface area (Å²) in [6.07, 6.45) is 7.88.